The molecule has 242 valence electrons. The van der Waals surface area contributed by atoms with E-state index >= 15 is 0 Å². The molecule has 8 aromatic carbocycles. The number of benzene rings is 8. The summed E-state index contributed by atoms with van der Waals surface area (Å²) in [6.07, 6.45) is 0. The van der Waals surface area contributed by atoms with Gasteiger partial charge in [0.2, 0.25) is 0 Å². The molecule has 10 aromatic rings. The number of hydrogen-bond donors (Lipinski definition) is 1. The summed E-state index contributed by atoms with van der Waals surface area (Å²) in [6, 6.07) is 58.4. The van der Waals surface area contributed by atoms with Crippen molar-refractivity contribution in [3.05, 3.63) is 180 Å². The van der Waals surface area contributed by atoms with Crippen molar-refractivity contribution in [1.29, 1.82) is 0 Å². The second kappa shape index (κ2) is 11.7. The molecule has 0 radical (unpaired) electrons. The Hall–Kier alpha value is -6.65. The summed E-state index contributed by atoms with van der Waals surface area (Å²) in [7, 11) is 1.87. The Labute approximate surface area is 294 Å². The monoisotopic (exact) mass is 655 g/mol. The highest BCUT2D eigenvalue weighted by Gasteiger charge is 2.18. The lowest BCUT2D eigenvalue weighted by Crippen LogP contribution is -2.09. The Bertz CT molecular complexity index is 2910. The van der Waals surface area contributed by atoms with Gasteiger partial charge in [0.1, 0.15) is 11.2 Å². The maximum atomic E-state index is 6.11. The van der Waals surface area contributed by atoms with Crippen LogP contribution in [0.1, 0.15) is 16.7 Å². The average molecular weight is 656 g/mol. The molecular formula is C47H33N3O. The van der Waals surface area contributed by atoms with Gasteiger partial charge < -0.3 is 14.3 Å². The van der Waals surface area contributed by atoms with Gasteiger partial charge in [0.15, 0.2) is 0 Å². The molecule has 51 heavy (non-hydrogen) atoms. The van der Waals surface area contributed by atoms with E-state index in [1.165, 1.54) is 48.9 Å². The van der Waals surface area contributed by atoms with Crippen LogP contribution < -0.4 is 5.32 Å². The van der Waals surface area contributed by atoms with E-state index in [9.17, 15) is 0 Å². The standard InChI is InChI=1S/C47H33N3O/c1-48-47(33-23-26-44-39(28-33)37-17-7-9-20-43(37)51-44)38-18-6-8-19-40(38)49-29-30-11-10-14-34(27-30)50-41-24-21-31-12-2-4-15-35(31)45(41)46-36-16-5-3-13-32(36)22-25-42(46)50/h2-28,49H,29H2,1H3. The van der Waals surface area contributed by atoms with Crippen LogP contribution in [0.2, 0.25) is 0 Å². The first-order valence-electron chi connectivity index (χ1n) is 17.4. The molecule has 0 unspecified atom stereocenters. The van der Waals surface area contributed by atoms with Gasteiger partial charge >= 0.3 is 0 Å². The first-order chi connectivity index (χ1) is 25.2. The Morgan fingerprint density at radius 1 is 0.569 bits per heavy atom. The third-order valence-electron chi connectivity index (χ3n) is 10.3. The van der Waals surface area contributed by atoms with Gasteiger partial charge in [-0.25, -0.2) is 0 Å². The van der Waals surface area contributed by atoms with E-state index in [2.05, 4.69) is 162 Å². The molecule has 0 fully saturated rings. The van der Waals surface area contributed by atoms with Crippen LogP contribution in [0.5, 0.6) is 0 Å². The lowest BCUT2D eigenvalue weighted by Gasteiger charge is -2.15. The van der Waals surface area contributed by atoms with E-state index in [-0.39, 0.29) is 0 Å². The van der Waals surface area contributed by atoms with Gasteiger partial charge in [-0.15, -0.1) is 0 Å². The van der Waals surface area contributed by atoms with Gasteiger partial charge in [0.05, 0.1) is 16.7 Å². The third kappa shape index (κ3) is 4.72. The van der Waals surface area contributed by atoms with E-state index in [0.29, 0.717) is 6.54 Å². The number of nitrogens with zero attached hydrogens (tertiary/aromatic N) is 2. The molecule has 2 heterocycles. The molecule has 0 atom stereocenters. The molecule has 2 aromatic heterocycles. The van der Waals surface area contributed by atoms with Gasteiger partial charge in [0, 0.05) is 57.6 Å². The molecule has 4 nitrogen and oxygen atoms in total. The molecule has 0 saturated heterocycles. The summed E-state index contributed by atoms with van der Waals surface area (Å²) in [5, 5.41) is 13.6. The van der Waals surface area contributed by atoms with Crippen molar-refractivity contribution >= 4 is 76.7 Å². The molecule has 1 N–H and O–H groups in total. The van der Waals surface area contributed by atoms with Crippen LogP contribution in [-0.4, -0.2) is 17.3 Å². The van der Waals surface area contributed by atoms with Gasteiger partial charge in [-0.1, -0.05) is 109 Å². The summed E-state index contributed by atoms with van der Waals surface area (Å²) < 4.78 is 8.53. The zero-order valence-corrected chi connectivity index (χ0v) is 28.1. The summed E-state index contributed by atoms with van der Waals surface area (Å²) in [5.74, 6) is 0. The number of furan rings is 1. The summed E-state index contributed by atoms with van der Waals surface area (Å²) in [6.45, 7) is 0.663. The molecule has 0 aliphatic rings. The van der Waals surface area contributed by atoms with E-state index < -0.39 is 0 Å². The van der Waals surface area contributed by atoms with Crippen LogP contribution in [0, 0.1) is 0 Å². The fourth-order valence-electron chi connectivity index (χ4n) is 7.95. The van der Waals surface area contributed by atoms with Crippen molar-refractivity contribution in [3.8, 4) is 5.69 Å². The first kappa shape index (κ1) is 29.3. The fourth-order valence-corrected chi connectivity index (χ4v) is 7.95. The van der Waals surface area contributed by atoms with Crippen molar-refractivity contribution in [2.75, 3.05) is 12.4 Å². The van der Waals surface area contributed by atoms with Crippen molar-refractivity contribution < 1.29 is 4.42 Å². The number of rotatable bonds is 6. The maximum Gasteiger partial charge on any atom is 0.135 e. The average Bonchev–Trinajstić information content (AvgIpc) is 3.74. The lowest BCUT2D eigenvalue weighted by atomic mass is 9.98. The van der Waals surface area contributed by atoms with Crippen LogP contribution in [0.25, 0.3) is 71.0 Å². The fraction of sp³-hybridized carbons (Fsp3) is 0.0426. The molecule has 10 rings (SSSR count). The Balaban J connectivity index is 1.04. The van der Waals surface area contributed by atoms with Gasteiger partial charge in [-0.05, 0) is 81.7 Å². The SMILES string of the molecule is CN=C(c1ccc2oc3ccccc3c2c1)c1ccccc1NCc1cccc(-n2c3ccc4ccccc4c3c3c4ccccc4ccc32)c1. The molecule has 0 spiro atoms. The minimum atomic E-state index is 0.663. The topological polar surface area (TPSA) is 42.5 Å². The summed E-state index contributed by atoms with van der Waals surface area (Å²) in [5.41, 5.74) is 10.6. The Morgan fingerprint density at radius 3 is 1.96 bits per heavy atom. The molecular weight excluding hydrogens is 623 g/mol. The first-order valence-corrected chi connectivity index (χ1v) is 17.4. The molecule has 0 saturated carbocycles. The van der Waals surface area contributed by atoms with Crippen LogP contribution in [0.4, 0.5) is 5.69 Å². The number of anilines is 1. The highest BCUT2D eigenvalue weighted by atomic mass is 16.3. The third-order valence-corrected chi connectivity index (χ3v) is 10.3. The predicted octanol–water partition coefficient (Wildman–Crippen LogP) is 12.1. The van der Waals surface area contributed by atoms with E-state index in [0.717, 1.165) is 50.2 Å². The van der Waals surface area contributed by atoms with Gasteiger partial charge in [0.25, 0.3) is 0 Å². The molecule has 0 bridgehead atoms. The normalized spacial score (nSPS) is 12.2. The van der Waals surface area contributed by atoms with Gasteiger partial charge in [-0.3, -0.25) is 4.99 Å². The van der Waals surface area contributed by atoms with Crippen LogP contribution >= 0.6 is 0 Å². The summed E-state index contributed by atoms with van der Waals surface area (Å²) in [4.78, 5) is 4.81. The van der Waals surface area contributed by atoms with Crippen molar-refractivity contribution in [1.82, 2.24) is 4.57 Å². The van der Waals surface area contributed by atoms with Crippen LogP contribution in [0.15, 0.2) is 173 Å². The second-order valence-corrected chi connectivity index (χ2v) is 13.1. The smallest absolute Gasteiger partial charge is 0.135 e. The number of nitrogens with one attached hydrogen (secondary N) is 1. The minimum absolute atomic E-state index is 0.663. The van der Waals surface area contributed by atoms with Crippen molar-refractivity contribution in [2.45, 2.75) is 6.54 Å². The van der Waals surface area contributed by atoms with Crippen LogP contribution in [0.3, 0.4) is 0 Å². The second-order valence-electron chi connectivity index (χ2n) is 13.1. The number of aromatic nitrogens is 1. The van der Waals surface area contributed by atoms with E-state index in [1.807, 2.05) is 19.2 Å². The molecule has 0 aliphatic heterocycles. The maximum absolute atomic E-state index is 6.11. The summed E-state index contributed by atoms with van der Waals surface area (Å²) >= 11 is 0. The Morgan fingerprint density at radius 2 is 1.22 bits per heavy atom. The van der Waals surface area contributed by atoms with E-state index in [1.54, 1.807) is 0 Å². The van der Waals surface area contributed by atoms with E-state index in [4.69, 9.17) is 9.41 Å². The van der Waals surface area contributed by atoms with Gasteiger partial charge in [-0.2, -0.15) is 0 Å². The van der Waals surface area contributed by atoms with Crippen molar-refractivity contribution in [3.63, 3.8) is 0 Å². The predicted molar refractivity (Wildman–Crippen MR) is 215 cm³/mol. The highest BCUT2D eigenvalue weighted by Crippen LogP contribution is 2.40. The lowest BCUT2D eigenvalue weighted by molar-refractivity contribution is 0.669. The molecule has 0 aliphatic carbocycles. The highest BCUT2D eigenvalue weighted by molar-refractivity contribution is 6.28. The number of hydrogen-bond acceptors (Lipinski definition) is 3. The largest absolute Gasteiger partial charge is 0.456 e. The van der Waals surface area contributed by atoms with Crippen LogP contribution in [-0.2, 0) is 6.54 Å². The van der Waals surface area contributed by atoms with Crippen molar-refractivity contribution in [2.24, 2.45) is 4.99 Å². The Kier molecular flexibility index (Phi) is 6.75. The number of fused-ring (bicyclic) bond motifs is 10. The number of aliphatic imine (C=N–C) groups is 1. The zero-order valence-electron chi connectivity index (χ0n) is 28.1. The molecule has 4 heteroatoms. The zero-order chi connectivity index (χ0) is 33.9. The minimum Gasteiger partial charge on any atom is -0.456 e. The number of para-hydroxylation sites is 2. The quantitative estimate of drug-likeness (QED) is 0.181. The molecule has 0 amide bonds.